The van der Waals surface area contributed by atoms with Gasteiger partial charge in [0.2, 0.25) is 5.76 Å². The van der Waals surface area contributed by atoms with Crippen molar-refractivity contribution < 1.29 is 13.9 Å². The lowest BCUT2D eigenvalue weighted by atomic mass is 10.2. The monoisotopic (exact) mass is 294 g/mol. The number of methoxy groups -OCH3 is 1. The highest BCUT2D eigenvalue weighted by Gasteiger charge is 2.30. The smallest absolute Gasteiger partial charge is 0.373 e. The minimum atomic E-state index is -0.420. The summed E-state index contributed by atoms with van der Waals surface area (Å²) < 4.78 is 10.3. The predicted octanol–water partition coefficient (Wildman–Crippen LogP) is 2.54. The van der Waals surface area contributed by atoms with Crippen LogP contribution in [0, 0.1) is 0 Å². The summed E-state index contributed by atoms with van der Waals surface area (Å²) in [6.45, 7) is 10.9. The number of nitrogens with zero attached hydrogens (tertiary/aromatic N) is 2. The van der Waals surface area contributed by atoms with Gasteiger partial charge in [-0.3, -0.25) is 9.80 Å². The predicted molar refractivity (Wildman–Crippen MR) is 81.4 cm³/mol. The summed E-state index contributed by atoms with van der Waals surface area (Å²) in [4.78, 5) is 16.4. The number of hydrogen-bond donors (Lipinski definition) is 0. The molecule has 2 unspecified atom stereocenters. The molecule has 2 atom stereocenters. The largest absolute Gasteiger partial charge is 0.463 e. The first-order chi connectivity index (χ1) is 10.1. The highest BCUT2D eigenvalue weighted by atomic mass is 16.5. The van der Waals surface area contributed by atoms with Crippen LogP contribution in [0.3, 0.4) is 0 Å². The van der Waals surface area contributed by atoms with Crippen LogP contribution in [0.1, 0.15) is 49.5 Å². The minimum Gasteiger partial charge on any atom is -0.463 e. The van der Waals surface area contributed by atoms with Gasteiger partial charge in [-0.05, 0) is 38.6 Å². The molecule has 21 heavy (non-hydrogen) atoms. The fourth-order valence-corrected chi connectivity index (χ4v) is 3.13. The van der Waals surface area contributed by atoms with Crippen molar-refractivity contribution in [2.45, 2.75) is 39.3 Å². The van der Waals surface area contributed by atoms with Gasteiger partial charge in [-0.1, -0.05) is 13.8 Å². The average Bonchev–Trinajstić information content (AvgIpc) is 3.16. The van der Waals surface area contributed by atoms with Crippen LogP contribution in [0.5, 0.6) is 0 Å². The zero-order valence-corrected chi connectivity index (χ0v) is 13.5. The Bertz CT molecular complexity index is 468. The van der Waals surface area contributed by atoms with Crippen LogP contribution in [0.15, 0.2) is 16.5 Å². The van der Waals surface area contributed by atoms with E-state index in [4.69, 9.17) is 4.42 Å². The summed E-state index contributed by atoms with van der Waals surface area (Å²) in [7, 11) is 1.36. The van der Waals surface area contributed by atoms with Crippen molar-refractivity contribution in [3.05, 3.63) is 23.7 Å². The summed E-state index contributed by atoms with van der Waals surface area (Å²) in [6.07, 6.45) is 1.19. The number of ether oxygens (including phenoxy) is 1. The van der Waals surface area contributed by atoms with E-state index in [1.165, 1.54) is 13.5 Å². The van der Waals surface area contributed by atoms with Crippen molar-refractivity contribution in [2.24, 2.45) is 0 Å². The Balaban J connectivity index is 1.99. The second-order valence-electron chi connectivity index (χ2n) is 5.53. The van der Waals surface area contributed by atoms with Crippen molar-refractivity contribution in [3.8, 4) is 0 Å². The lowest BCUT2D eigenvalue weighted by molar-refractivity contribution is 0.0559. The number of hydrogen-bond acceptors (Lipinski definition) is 5. The summed E-state index contributed by atoms with van der Waals surface area (Å²) in [5.41, 5.74) is 0. The van der Waals surface area contributed by atoms with Crippen LogP contribution in [0.2, 0.25) is 0 Å². The van der Waals surface area contributed by atoms with Crippen molar-refractivity contribution >= 4 is 5.97 Å². The number of esters is 1. The Morgan fingerprint density at radius 1 is 1.48 bits per heavy atom. The molecule has 0 amide bonds. The van der Waals surface area contributed by atoms with Crippen LogP contribution >= 0.6 is 0 Å². The third-order valence-corrected chi connectivity index (χ3v) is 4.50. The summed E-state index contributed by atoms with van der Waals surface area (Å²) >= 11 is 0. The first-order valence-corrected chi connectivity index (χ1v) is 7.76. The zero-order chi connectivity index (χ0) is 15.4. The highest BCUT2D eigenvalue weighted by molar-refractivity contribution is 5.86. The summed E-state index contributed by atoms with van der Waals surface area (Å²) in [5.74, 6) is 0.685. The van der Waals surface area contributed by atoms with Gasteiger partial charge in [-0.2, -0.15) is 0 Å². The van der Waals surface area contributed by atoms with Crippen LogP contribution in [0.4, 0.5) is 0 Å². The quantitative estimate of drug-likeness (QED) is 0.755. The molecule has 1 aromatic rings. The van der Waals surface area contributed by atoms with Gasteiger partial charge in [0.1, 0.15) is 5.76 Å². The van der Waals surface area contributed by atoms with Crippen molar-refractivity contribution in [3.63, 3.8) is 0 Å². The Labute approximate surface area is 126 Å². The maximum Gasteiger partial charge on any atom is 0.373 e. The molecular weight excluding hydrogens is 268 g/mol. The van der Waals surface area contributed by atoms with E-state index in [-0.39, 0.29) is 11.8 Å². The third-order valence-electron chi connectivity index (χ3n) is 4.50. The van der Waals surface area contributed by atoms with Gasteiger partial charge in [-0.15, -0.1) is 0 Å². The van der Waals surface area contributed by atoms with Gasteiger partial charge in [0.15, 0.2) is 0 Å². The third kappa shape index (κ3) is 3.47. The number of likely N-dealkylation sites (tertiary alicyclic amines) is 1. The van der Waals surface area contributed by atoms with Gasteiger partial charge < -0.3 is 9.15 Å². The van der Waals surface area contributed by atoms with Crippen molar-refractivity contribution in [1.29, 1.82) is 0 Å². The van der Waals surface area contributed by atoms with E-state index in [9.17, 15) is 4.79 Å². The molecule has 2 heterocycles. The van der Waals surface area contributed by atoms with E-state index in [1.807, 2.05) is 6.07 Å². The fraction of sp³-hybridized carbons (Fsp3) is 0.688. The van der Waals surface area contributed by atoms with Crippen molar-refractivity contribution in [2.75, 3.05) is 33.3 Å². The lowest BCUT2D eigenvalue weighted by Crippen LogP contribution is -2.37. The Kier molecular flexibility index (Phi) is 5.42. The molecule has 1 aliphatic rings. The van der Waals surface area contributed by atoms with Crippen LogP contribution in [-0.2, 0) is 4.74 Å². The molecule has 0 aliphatic carbocycles. The highest BCUT2D eigenvalue weighted by Crippen LogP contribution is 2.28. The van der Waals surface area contributed by atoms with Crippen LogP contribution in [-0.4, -0.2) is 55.1 Å². The molecule has 5 heteroatoms. The maximum absolute atomic E-state index is 11.5. The number of carbonyl (C=O) groups excluding carboxylic acids is 1. The molecule has 1 fully saturated rings. The Morgan fingerprint density at radius 2 is 2.19 bits per heavy atom. The van der Waals surface area contributed by atoms with Gasteiger partial charge in [-0.25, -0.2) is 4.79 Å². The molecule has 0 bridgehead atoms. The molecule has 1 aliphatic heterocycles. The first kappa shape index (κ1) is 16.0. The van der Waals surface area contributed by atoms with Crippen molar-refractivity contribution in [1.82, 2.24) is 9.80 Å². The van der Waals surface area contributed by atoms with E-state index >= 15 is 0 Å². The summed E-state index contributed by atoms with van der Waals surface area (Å²) in [6, 6.07) is 4.37. The molecule has 0 spiro atoms. The Hall–Kier alpha value is -1.33. The molecule has 0 aromatic carbocycles. The molecular formula is C16H26N2O3. The lowest BCUT2D eigenvalue weighted by Gasteiger charge is -2.27. The molecule has 118 valence electrons. The number of carbonyl (C=O) groups is 1. The van der Waals surface area contributed by atoms with E-state index < -0.39 is 5.97 Å². The van der Waals surface area contributed by atoms with Gasteiger partial charge in [0, 0.05) is 19.1 Å². The van der Waals surface area contributed by atoms with E-state index in [0.717, 1.165) is 31.9 Å². The number of rotatable bonds is 6. The number of likely N-dealkylation sites (N-methyl/N-ethyl adjacent to an activating group) is 1. The SMILES string of the molecule is CCN(CC)C1CCN(C(C)c2ccc(C(=O)OC)o2)C1. The molecule has 1 aromatic heterocycles. The molecule has 2 rings (SSSR count). The molecule has 5 nitrogen and oxygen atoms in total. The van der Waals surface area contributed by atoms with E-state index in [1.54, 1.807) is 6.07 Å². The van der Waals surface area contributed by atoms with E-state index in [2.05, 4.69) is 35.3 Å². The second kappa shape index (κ2) is 7.09. The summed E-state index contributed by atoms with van der Waals surface area (Å²) in [5, 5.41) is 0. The number of furan rings is 1. The molecule has 1 saturated heterocycles. The Morgan fingerprint density at radius 3 is 2.81 bits per heavy atom. The first-order valence-electron chi connectivity index (χ1n) is 7.76. The maximum atomic E-state index is 11.5. The zero-order valence-electron chi connectivity index (χ0n) is 13.5. The van der Waals surface area contributed by atoms with E-state index in [0.29, 0.717) is 6.04 Å². The average molecular weight is 294 g/mol. The standard InChI is InChI=1S/C16H26N2O3/c1-5-17(6-2)13-9-10-18(11-13)12(3)14-7-8-15(21-14)16(19)20-4/h7-8,12-13H,5-6,9-11H2,1-4H3. The molecule has 0 saturated carbocycles. The van der Waals surface area contributed by atoms with Crippen LogP contribution in [0.25, 0.3) is 0 Å². The van der Waals surface area contributed by atoms with Crippen LogP contribution < -0.4 is 0 Å². The topological polar surface area (TPSA) is 45.9 Å². The van der Waals surface area contributed by atoms with Gasteiger partial charge >= 0.3 is 5.97 Å². The minimum absolute atomic E-state index is 0.184. The molecule has 0 radical (unpaired) electrons. The van der Waals surface area contributed by atoms with Gasteiger partial charge in [0.05, 0.1) is 13.2 Å². The second-order valence-corrected chi connectivity index (χ2v) is 5.53. The molecule has 0 N–H and O–H groups in total. The van der Waals surface area contributed by atoms with Gasteiger partial charge in [0.25, 0.3) is 0 Å². The fourth-order valence-electron chi connectivity index (χ4n) is 3.13. The normalized spacial score (nSPS) is 20.9.